The van der Waals surface area contributed by atoms with Gasteiger partial charge in [-0.1, -0.05) is 58.9 Å². The lowest BCUT2D eigenvalue weighted by Gasteiger charge is -2.18. The second-order valence-electron chi connectivity index (χ2n) is 6.41. The van der Waals surface area contributed by atoms with Crippen LogP contribution in [0.25, 0.3) is 0 Å². The van der Waals surface area contributed by atoms with E-state index in [1.165, 1.54) is 11.1 Å². The van der Waals surface area contributed by atoms with Crippen LogP contribution in [-0.2, 0) is 12.8 Å². The number of nitrogens with one attached hydrogen (secondary N) is 1. The average Bonchev–Trinajstić information content (AvgIpc) is 2.18. The van der Waals surface area contributed by atoms with Crippen LogP contribution in [0.4, 0.5) is 0 Å². The second-order valence-corrected chi connectivity index (χ2v) is 6.41. The molecule has 1 heteroatoms. The molecule has 0 fully saturated rings. The minimum atomic E-state index is 0.376. The largest absolute Gasteiger partial charge is 0.314 e. The van der Waals surface area contributed by atoms with Crippen molar-refractivity contribution in [2.24, 2.45) is 5.41 Å². The predicted octanol–water partition coefficient (Wildman–Crippen LogP) is 3.82. The third-order valence-corrected chi connectivity index (χ3v) is 2.72. The van der Waals surface area contributed by atoms with E-state index in [0.717, 1.165) is 19.4 Å². The van der Waals surface area contributed by atoms with Gasteiger partial charge in [0.2, 0.25) is 0 Å². The highest BCUT2D eigenvalue weighted by Gasteiger charge is 2.10. The molecule has 0 bridgehead atoms. The maximum atomic E-state index is 3.45. The molecule has 1 aromatic rings. The normalized spacial score (nSPS) is 12.1. The van der Waals surface area contributed by atoms with Crippen LogP contribution in [0, 0.1) is 5.41 Å². The van der Waals surface area contributed by atoms with Crippen molar-refractivity contribution in [3.8, 4) is 0 Å². The van der Waals surface area contributed by atoms with Crippen LogP contribution in [0.1, 0.15) is 45.7 Å². The molecule has 0 aliphatic heterocycles. The predicted molar refractivity (Wildman–Crippen MR) is 76.4 cm³/mol. The number of benzene rings is 1. The molecule has 0 aliphatic carbocycles. The van der Waals surface area contributed by atoms with E-state index in [0.29, 0.717) is 11.5 Å². The SMILES string of the molecule is CC(C)NCCc1ccc(CC(C)(C)C)cc1. The minimum absolute atomic E-state index is 0.376. The Hall–Kier alpha value is -0.820. The van der Waals surface area contributed by atoms with Crippen molar-refractivity contribution in [1.29, 1.82) is 0 Å². The molecule has 0 atom stereocenters. The number of rotatable bonds is 5. The Morgan fingerprint density at radius 1 is 1.00 bits per heavy atom. The molecule has 0 unspecified atom stereocenters. The molecule has 1 nitrogen and oxygen atoms in total. The zero-order valence-corrected chi connectivity index (χ0v) is 12.0. The summed E-state index contributed by atoms with van der Waals surface area (Å²) in [4.78, 5) is 0. The summed E-state index contributed by atoms with van der Waals surface area (Å²) in [6.07, 6.45) is 2.27. The summed E-state index contributed by atoms with van der Waals surface area (Å²) in [5.41, 5.74) is 3.25. The van der Waals surface area contributed by atoms with Crippen molar-refractivity contribution in [2.45, 2.75) is 53.5 Å². The maximum absolute atomic E-state index is 3.45. The molecular weight excluding hydrogens is 206 g/mol. The molecule has 0 radical (unpaired) electrons. The van der Waals surface area contributed by atoms with Crippen LogP contribution in [0.2, 0.25) is 0 Å². The van der Waals surface area contributed by atoms with Crippen LogP contribution >= 0.6 is 0 Å². The van der Waals surface area contributed by atoms with Gasteiger partial charge in [-0.3, -0.25) is 0 Å². The summed E-state index contributed by atoms with van der Waals surface area (Å²) in [6.45, 7) is 12.3. The average molecular weight is 233 g/mol. The van der Waals surface area contributed by atoms with E-state index in [1.807, 2.05) is 0 Å². The molecule has 0 saturated carbocycles. The van der Waals surface area contributed by atoms with Gasteiger partial charge in [-0.15, -0.1) is 0 Å². The zero-order valence-electron chi connectivity index (χ0n) is 12.0. The lowest BCUT2D eigenvalue weighted by molar-refractivity contribution is 0.411. The van der Waals surface area contributed by atoms with E-state index in [1.54, 1.807) is 0 Å². The highest BCUT2D eigenvalue weighted by atomic mass is 14.9. The van der Waals surface area contributed by atoms with Gasteiger partial charge in [0.05, 0.1) is 0 Å². The molecule has 0 saturated heterocycles. The first-order chi connectivity index (χ1) is 7.87. The van der Waals surface area contributed by atoms with Crippen molar-refractivity contribution in [1.82, 2.24) is 5.32 Å². The van der Waals surface area contributed by atoms with Crippen LogP contribution < -0.4 is 5.32 Å². The van der Waals surface area contributed by atoms with Crippen LogP contribution in [-0.4, -0.2) is 12.6 Å². The highest BCUT2D eigenvalue weighted by Crippen LogP contribution is 2.20. The molecule has 96 valence electrons. The fraction of sp³-hybridized carbons (Fsp3) is 0.625. The van der Waals surface area contributed by atoms with Crippen molar-refractivity contribution in [3.05, 3.63) is 35.4 Å². The molecule has 0 amide bonds. The summed E-state index contributed by atoms with van der Waals surface area (Å²) < 4.78 is 0. The van der Waals surface area contributed by atoms with E-state index >= 15 is 0 Å². The quantitative estimate of drug-likeness (QED) is 0.815. The summed E-state index contributed by atoms with van der Waals surface area (Å²) in [5, 5.41) is 3.45. The molecule has 0 spiro atoms. The molecule has 17 heavy (non-hydrogen) atoms. The van der Waals surface area contributed by atoms with Gasteiger partial charge in [0.1, 0.15) is 0 Å². The van der Waals surface area contributed by atoms with E-state index in [9.17, 15) is 0 Å². The molecule has 1 N–H and O–H groups in total. The third-order valence-electron chi connectivity index (χ3n) is 2.72. The molecule has 0 aliphatic rings. The fourth-order valence-electron chi connectivity index (χ4n) is 1.94. The molecule has 0 aromatic heterocycles. The van der Waals surface area contributed by atoms with Crippen LogP contribution in [0.3, 0.4) is 0 Å². The van der Waals surface area contributed by atoms with Crippen molar-refractivity contribution in [3.63, 3.8) is 0 Å². The minimum Gasteiger partial charge on any atom is -0.314 e. The summed E-state index contributed by atoms with van der Waals surface area (Å²) in [6, 6.07) is 9.66. The monoisotopic (exact) mass is 233 g/mol. The van der Waals surface area contributed by atoms with E-state index in [-0.39, 0.29) is 0 Å². The Balaban J connectivity index is 2.45. The van der Waals surface area contributed by atoms with Crippen LogP contribution in [0.15, 0.2) is 24.3 Å². The van der Waals surface area contributed by atoms with Gasteiger partial charge >= 0.3 is 0 Å². The first-order valence-corrected chi connectivity index (χ1v) is 6.68. The maximum Gasteiger partial charge on any atom is 0.00105 e. The Bertz CT molecular complexity index is 316. The molecule has 1 aromatic carbocycles. The number of hydrogen-bond acceptors (Lipinski definition) is 1. The topological polar surface area (TPSA) is 12.0 Å². The Labute approximate surface area is 107 Å². The smallest absolute Gasteiger partial charge is 0.00105 e. The van der Waals surface area contributed by atoms with E-state index in [2.05, 4.69) is 64.2 Å². The van der Waals surface area contributed by atoms with E-state index < -0.39 is 0 Å². The molecule has 0 heterocycles. The standard InChI is InChI=1S/C16H27N/c1-13(2)17-11-10-14-6-8-15(9-7-14)12-16(3,4)5/h6-9,13,17H,10-12H2,1-5H3. The Kier molecular flexibility index (Phi) is 5.20. The second kappa shape index (κ2) is 6.20. The summed E-state index contributed by atoms with van der Waals surface area (Å²) >= 11 is 0. The van der Waals surface area contributed by atoms with Gasteiger partial charge < -0.3 is 5.32 Å². The summed E-state index contributed by atoms with van der Waals surface area (Å²) in [5.74, 6) is 0. The molecular formula is C16H27N. The van der Waals surface area contributed by atoms with Crippen molar-refractivity contribution < 1.29 is 0 Å². The molecule has 1 rings (SSSR count). The van der Waals surface area contributed by atoms with Gasteiger partial charge in [-0.2, -0.15) is 0 Å². The Morgan fingerprint density at radius 3 is 2.00 bits per heavy atom. The first-order valence-electron chi connectivity index (χ1n) is 6.68. The lowest BCUT2D eigenvalue weighted by atomic mass is 9.88. The number of hydrogen-bond donors (Lipinski definition) is 1. The van der Waals surface area contributed by atoms with Gasteiger partial charge in [0.25, 0.3) is 0 Å². The van der Waals surface area contributed by atoms with E-state index in [4.69, 9.17) is 0 Å². The van der Waals surface area contributed by atoms with Crippen molar-refractivity contribution >= 4 is 0 Å². The van der Waals surface area contributed by atoms with Gasteiger partial charge in [-0.05, 0) is 35.9 Å². The highest BCUT2D eigenvalue weighted by molar-refractivity contribution is 5.23. The van der Waals surface area contributed by atoms with Gasteiger partial charge in [0.15, 0.2) is 0 Å². The third kappa shape index (κ3) is 6.48. The van der Waals surface area contributed by atoms with Gasteiger partial charge in [-0.25, -0.2) is 0 Å². The lowest BCUT2D eigenvalue weighted by Crippen LogP contribution is -2.24. The summed E-state index contributed by atoms with van der Waals surface area (Å²) in [7, 11) is 0. The van der Waals surface area contributed by atoms with Gasteiger partial charge in [0, 0.05) is 6.04 Å². The van der Waals surface area contributed by atoms with Crippen LogP contribution in [0.5, 0.6) is 0 Å². The van der Waals surface area contributed by atoms with Crippen molar-refractivity contribution in [2.75, 3.05) is 6.54 Å². The Morgan fingerprint density at radius 2 is 1.53 bits per heavy atom. The first kappa shape index (κ1) is 14.2. The zero-order chi connectivity index (χ0) is 12.9. The fourth-order valence-corrected chi connectivity index (χ4v) is 1.94.